The summed E-state index contributed by atoms with van der Waals surface area (Å²) in [5.41, 5.74) is 0.913. The Kier molecular flexibility index (Phi) is 4.83. The van der Waals surface area contributed by atoms with Crippen molar-refractivity contribution in [2.75, 3.05) is 7.11 Å². The first-order valence-corrected chi connectivity index (χ1v) is 7.35. The molecule has 0 aromatic heterocycles. The van der Waals surface area contributed by atoms with E-state index in [9.17, 15) is 9.59 Å². The van der Waals surface area contributed by atoms with Crippen molar-refractivity contribution in [1.82, 2.24) is 10.2 Å². The Labute approximate surface area is 125 Å². The number of carbonyl (C=O) groups is 2. The first-order valence-electron chi connectivity index (χ1n) is 7.35. The summed E-state index contributed by atoms with van der Waals surface area (Å²) in [6.45, 7) is 4.21. The van der Waals surface area contributed by atoms with Crippen molar-refractivity contribution >= 4 is 11.8 Å². The summed E-state index contributed by atoms with van der Waals surface area (Å²) in [6, 6.07) is 6.75. The molecule has 1 heterocycles. The van der Waals surface area contributed by atoms with Gasteiger partial charge in [-0.25, -0.2) is 0 Å². The molecule has 2 rings (SSSR count). The van der Waals surface area contributed by atoms with Crippen molar-refractivity contribution in [3.63, 3.8) is 0 Å². The third-order valence-electron chi connectivity index (χ3n) is 3.90. The van der Waals surface area contributed by atoms with Gasteiger partial charge in [0.25, 0.3) is 0 Å². The molecule has 2 atom stereocenters. The maximum atomic E-state index is 12.5. The van der Waals surface area contributed by atoms with Gasteiger partial charge < -0.3 is 15.0 Å². The maximum Gasteiger partial charge on any atom is 0.246 e. The summed E-state index contributed by atoms with van der Waals surface area (Å²) in [5, 5.41) is 2.80. The van der Waals surface area contributed by atoms with Gasteiger partial charge in [0.15, 0.2) is 0 Å². The van der Waals surface area contributed by atoms with E-state index in [0.717, 1.165) is 11.3 Å². The number of ether oxygens (including phenoxy) is 1. The number of carbonyl (C=O) groups excluding carboxylic acids is 2. The first kappa shape index (κ1) is 15.4. The highest BCUT2D eigenvalue weighted by atomic mass is 16.5. The predicted octanol–water partition coefficient (Wildman–Crippen LogP) is 1.71. The van der Waals surface area contributed by atoms with Gasteiger partial charge in [0, 0.05) is 5.56 Å². The number of piperazine rings is 1. The van der Waals surface area contributed by atoms with Crippen LogP contribution in [0.2, 0.25) is 0 Å². The van der Waals surface area contributed by atoms with E-state index in [1.165, 1.54) is 0 Å². The van der Waals surface area contributed by atoms with E-state index in [0.29, 0.717) is 19.4 Å². The molecule has 5 heteroatoms. The van der Waals surface area contributed by atoms with Gasteiger partial charge in [-0.3, -0.25) is 9.59 Å². The monoisotopic (exact) mass is 290 g/mol. The minimum atomic E-state index is -0.421. The minimum Gasteiger partial charge on any atom is -0.496 e. The highest BCUT2D eigenvalue weighted by Crippen LogP contribution is 2.23. The van der Waals surface area contributed by atoms with Gasteiger partial charge in [-0.1, -0.05) is 32.0 Å². The number of hydrogen-bond donors (Lipinski definition) is 1. The van der Waals surface area contributed by atoms with Crippen LogP contribution in [0, 0.1) is 0 Å². The van der Waals surface area contributed by atoms with E-state index in [-0.39, 0.29) is 11.8 Å². The molecule has 1 aromatic carbocycles. The van der Waals surface area contributed by atoms with Gasteiger partial charge in [0.1, 0.15) is 17.8 Å². The van der Waals surface area contributed by atoms with Crippen LogP contribution in [0.3, 0.4) is 0 Å². The van der Waals surface area contributed by atoms with Crippen LogP contribution in [0.25, 0.3) is 0 Å². The van der Waals surface area contributed by atoms with Crippen LogP contribution in [-0.4, -0.2) is 35.9 Å². The lowest BCUT2D eigenvalue weighted by molar-refractivity contribution is -0.150. The summed E-state index contributed by atoms with van der Waals surface area (Å²) in [4.78, 5) is 26.4. The van der Waals surface area contributed by atoms with Crippen LogP contribution in [0.5, 0.6) is 5.75 Å². The van der Waals surface area contributed by atoms with Gasteiger partial charge in [0.05, 0.1) is 13.7 Å². The standard InChI is InChI=1S/C16H22N2O3/c1-4-12-16(20)18(13(5-2)15(19)17-12)10-11-8-6-7-9-14(11)21-3/h6-9,12-13H,4-5,10H2,1-3H3,(H,17,19). The van der Waals surface area contributed by atoms with E-state index in [1.54, 1.807) is 12.0 Å². The highest BCUT2D eigenvalue weighted by Gasteiger charge is 2.38. The molecule has 0 aliphatic carbocycles. The number of amides is 2. The summed E-state index contributed by atoms with van der Waals surface area (Å²) >= 11 is 0. The van der Waals surface area contributed by atoms with Crippen LogP contribution >= 0.6 is 0 Å². The Morgan fingerprint density at radius 3 is 2.52 bits per heavy atom. The molecule has 21 heavy (non-hydrogen) atoms. The van der Waals surface area contributed by atoms with E-state index in [2.05, 4.69) is 5.32 Å². The third kappa shape index (κ3) is 3.01. The first-order chi connectivity index (χ1) is 10.1. The van der Waals surface area contributed by atoms with Crippen LogP contribution in [-0.2, 0) is 16.1 Å². The van der Waals surface area contributed by atoms with Gasteiger partial charge in [-0.2, -0.15) is 0 Å². The second kappa shape index (κ2) is 6.61. The molecule has 0 spiro atoms. The number of hydrogen-bond acceptors (Lipinski definition) is 3. The highest BCUT2D eigenvalue weighted by molar-refractivity contribution is 5.96. The topological polar surface area (TPSA) is 58.6 Å². The van der Waals surface area contributed by atoms with Crippen molar-refractivity contribution < 1.29 is 14.3 Å². The Morgan fingerprint density at radius 2 is 1.90 bits per heavy atom. The molecular formula is C16H22N2O3. The molecule has 1 aliphatic rings. The fourth-order valence-corrected chi connectivity index (χ4v) is 2.71. The van der Waals surface area contributed by atoms with Gasteiger partial charge >= 0.3 is 0 Å². The number of methoxy groups -OCH3 is 1. The number of benzene rings is 1. The zero-order valence-corrected chi connectivity index (χ0v) is 12.8. The molecule has 5 nitrogen and oxygen atoms in total. The Hall–Kier alpha value is -2.04. The van der Waals surface area contributed by atoms with Crippen molar-refractivity contribution in [3.05, 3.63) is 29.8 Å². The molecule has 0 radical (unpaired) electrons. The second-order valence-corrected chi connectivity index (χ2v) is 5.17. The number of nitrogens with one attached hydrogen (secondary N) is 1. The van der Waals surface area contributed by atoms with E-state index < -0.39 is 12.1 Å². The average Bonchev–Trinajstić information content (AvgIpc) is 2.51. The average molecular weight is 290 g/mol. The van der Waals surface area contributed by atoms with E-state index in [4.69, 9.17) is 4.74 Å². The molecule has 2 unspecified atom stereocenters. The largest absolute Gasteiger partial charge is 0.496 e. The second-order valence-electron chi connectivity index (χ2n) is 5.17. The fourth-order valence-electron chi connectivity index (χ4n) is 2.71. The number of para-hydroxylation sites is 1. The SMILES string of the molecule is CCC1NC(=O)C(CC)N(Cc2ccccc2OC)C1=O. The lowest BCUT2D eigenvalue weighted by Gasteiger charge is -2.38. The lowest BCUT2D eigenvalue weighted by atomic mass is 10.0. The molecular weight excluding hydrogens is 268 g/mol. The van der Waals surface area contributed by atoms with E-state index in [1.807, 2.05) is 38.1 Å². The van der Waals surface area contributed by atoms with Gasteiger partial charge in [-0.15, -0.1) is 0 Å². The van der Waals surface area contributed by atoms with Gasteiger partial charge in [-0.05, 0) is 18.9 Å². The van der Waals surface area contributed by atoms with E-state index >= 15 is 0 Å². The zero-order chi connectivity index (χ0) is 15.4. The summed E-state index contributed by atoms with van der Waals surface area (Å²) in [6.07, 6.45) is 1.20. The summed E-state index contributed by atoms with van der Waals surface area (Å²) in [5.74, 6) is 0.646. The minimum absolute atomic E-state index is 0.0187. The zero-order valence-electron chi connectivity index (χ0n) is 12.8. The molecule has 1 saturated heterocycles. The van der Waals surface area contributed by atoms with Gasteiger partial charge in [0.2, 0.25) is 11.8 Å². The molecule has 1 fully saturated rings. The van der Waals surface area contributed by atoms with Crippen molar-refractivity contribution in [2.24, 2.45) is 0 Å². The summed E-state index contributed by atoms with van der Waals surface area (Å²) < 4.78 is 5.33. The van der Waals surface area contributed by atoms with Crippen molar-refractivity contribution in [2.45, 2.75) is 45.3 Å². The van der Waals surface area contributed by atoms with Crippen molar-refractivity contribution in [1.29, 1.82) is 0 Å². The molecule has 0 saturated carbocycles. The van der Waals surface area contributed by atoms with Crippen LogP contribution in [0.1, 0.15) is 32.3 Å². The predicted molar refractivity (Wildman–Crippen MR) is 79.8 cm³/mol. The molecule has 1 aromatic rings. The lowest BCUT2D eigenvalue weighted by Crippen LogP contribution is -2.62. The molecule has 1 N–H and O–H groups in total. The maximum absolute atomic E-state index is 12.5. The van der Waals surface area contributed by atoms with Crippen LogP contribution < -0.4 is 10.1 Å². The van der Waals surface area contributed by atoms with Crippen LogP contribution in [0.4, 0.5) is 0 Å². The Morgan fingerprint density at radius 1 is 1.19 bits per heavy atom. The molecule has 2 amide bonds. The smallest absolute Gasteiger partial charge is 0.246 e. The Balaban J connectivity index is 2.29. The normalized spacial score (nSPS) is 22.1. The number of rotatable bonds is 5. The molecule has 114 valence electrons. The fraction of sp³-hybridized carbons (Fsp3) is 0.500. The molecule has 1 aliphatic heterocycles. The van der Waals surface area contributed by atoms with Crippen LogP contribution in [0.15, 0.2) is 24.3 Å². The van der Waals surface area contributed by atoms with Crippen molar-refractivity contribution in [3.8, 4) is 5.75 Å². The quantitative estimate of drug-likeness (QED) is 0.898. The third-order valence-corrected chi connectivity index (χ3v) is 3.90. The number of nitrogens with zero attached hydrogens (tertiary/aromatic N) is 1. The summed E-state index contributed by atoms with van der Waals surface area (Å²) in [7, 11) is 1.61. The Bertz CT molecular complexity index is 530. The molecule has 0 bridgehead atoms.